The van der Waals surface area contributed by atoms with Gasteiger partial charge >= 0.3 is 0 Å². The highest BCUT2D eigenvalue weighted by atomic mass is 32.2. The molecule has 0 saturated carbocycles. The molecule has 0 atom stereocenters. The molecule has 0 N–H and O–H groups in total. The zero-order valence-corrected chi connectivity index (χ0v) is 26.7. The van der Waals surface area contributed by atoms with Gasteiger partial charge in [0, 0.05) is 34.1 Å². The lowest BCUT2D eigenvalue weighted by molar-refractivity contribution is -0.300. The quantitative estimate of drug-likeness (QED) is 0.239. The summed E-state index contributed by atoms with van der Waals surface area (Å²) in [6.45, 7) is 22.2. The zero-order valence-electron chi connectivity index (χ0n) is 25.1. The zero-order chi connectivity index (χ0) is 28.4. The molecule has 2 nitrogen and oxygen atoms in total. The maximum absolute atomic E-state index is 13.2. The first-order chi connectivity index (χ1) is 17.5. The molecular formula is C34H46O2S2. The van der Waals surface area contributed by atoms with Gasteiger partial charge < -0.3 is 5.11 Å². The Morgan fingerprint density at radius 3 is 1.71 bits per heavy atom. The molecule has 0 aromatic carbocycles. The van der Waals surface area contributed by atoms with E-state index in [2.05, 4.69) is 93.5 Å². The van der Waals surface area contributed by atoms with Gasteiger partial charge in [-0.05, 0) is 82.8 Å². The highest BCUT2D eigenvalue weighted by molar-refractivity contribution is 8.06. The van der Waals surface area contributed by atoms with Gasteiger partial charge in [0.25, 0.3) is 0 Å². The molecule has 0 bridgehead atoms. The van der Waals surface area contributed by atoms with Gasteiger partial charge in [-0.25, -0.2) is 0 Å². The van der Waals surface area contributed by atoms with E-state index in [9.17, 15) is 9.90 Å². The molecule has 3 rings (SSSR count). The number of ketones is 1. The van der Waals surface area contributed by atoms with Crippen molar-refractivity contribution in [3.63, 3.8) is 0 Å². The number of hydrogen-bond donors (Lipinski definition) is 0. The SMILES string of the molecule is CC(C)CCC1=CC(=CC2=C([O-])C(=Cc3cc(C(C)(C)C)[s+]c(C(C)(C)C)c3)C2=O)C=C(CCC(C)C)S1. The van der Waals surface area contributed by atoms with E-state index >= 15 is 0 Å². The van der Waals surface area contributed by atoms with Gasteiger partial charge in [0.05, 0.1) is 0 Å². The topological polar surface area (TPSA) is 40.1 Å². The molecule has 0 radical (unpaired) electrons. The number of rotatable bonds is 8. The molecule has 4 heteroatoms. The Morgan fingerprint density at radius 1 is 0.842 bits per heavy atom. The second kappa shape index (κ2) is 12.1. The van der Waals surface area contributed by atoms with Crippen molar-refractivity contribution in [1.29, 1.82) is 0 Å². The normalized spacial score (nSPS) is 17.8. The molecule has 1 aliphatic carbocycles. The number of hydrogen-bond acceptors (Lipinski definition) is 3. The average Bonchev–Trinajstić information content (AvgIpc) is 2.81. The van der Waals surface area contributed by atoms with E-state index in [1.165, 1.54) is 19.6 Å². The fraction of sp³-hybridized carbons (Fsp3) is 0.529. The van der Waals surface area contributed by atoms with Gasteiger partial charge in [-0.15, -0.1) is 0 Å². The van der Waals surface area contributed by atoms with Gasteiger partial charge in [0.1, 0.15) is 0 Å². The predicted molar refractivity (Wildman–Crippen MR) is 166 cm³/mol. The third-order valence-corrected chi connectivity index (χ3v) is 9.82. The van der Waals surface area contributed by atoms with E-state index in [1.807, 2.05) is 29.2 Å². The first-order valence-corrected chi connectivity index (χ1v) is 15.7. The molecule has 1 aliphatic heterocycles. The van der Waals surface area contributed by atoms with Crippen molar-refractivity contribution >= 4 is 35.0 Å². The number of Topliss-reactive ketones (excluding diaryl/α,β-unsaturated/α-hetero) is 1. The van der Waals surface area contributed by atoms with E-state index in [0.29, 0.717) is 23.0 Å². The summed E-state index contributed by atoms with van der Waals surface area (Å²) < 4.78 is 0. The first kappa shape index (κ1) is 30.6. The lowest BCUT2D eigenvalue weighted by Crippen LogP contribution is -2.29. The average molecular weight is 551 g/mol. The second-order valence-electron chi connectivity index (χ2n) is 13.6. The molecule has 38 heavy (non-hydrogen) atoms. The highest BCUT2D eigenvalue weighted by Gasteiger charge is 2.32. The molecule has 206 valence electrons. The maximum atomic E-state index is 13.2. The maximum Gasteiger partial charge on any atom is 0.219 e. The summed E-state index contributed by atoms with van der Waals surface area (Å²) >= 11 is 3.69. The van der Waals surface area contributed by atoms with Gasteiger partial charge in [-0.1, -0.05) is 86.8 Å². The lowest BCUT2D eigenvalue weighted by atomic mass is 9.84. The Labute approximate surface area is 239 Å². The summed E-state index contributed by atoms with van der Waals surface area (Å²) in [7, 11) is 0. The van der Waals surface area contributed by atoms with E-state index in [0.717, 1.165) is 36.8 Å². The van der Waals surface area contributed by atoms with Crippen LogP contribution in [0.4, 0.5) is 0 Å². The van der Waals surface area contributed by atoms with Crippen LogP contribution >= 0.6 is 23.1 Å². The van der Waals surface area contributed by atoms with Crippen LogP contribution in [0.15, 0.2) is 62.6 Å². The third kappa shape index (κ3) is 8.05. The van der Waals surface area contributed by atoms with Crippen LogP contribution in [0.1, 0.15) is 110 Å². The Balaban J connectivity index is 1.97. The Kier molecular flexibility index (Phi) is 9.74. The minimum Gasteiger partial charge on any atom is -0.871 e. The Hall–Kier alpha value is -1.91. The van der Waals surface area contributed by atoms with Crippen molar-refractivity contribution in [3.8, 4) is 0 Å². The Morgan fingerprint density at radius 2 is 1.32 bits per heavy atom. The number of carbonyl (C=O) groups is 1. The summed E-state index contributed by atoms with van der Waals surface area (Å²) in [6.07, 6.45) is 12.3. The van der Waals surface area contributed by atoms with Crippen molar-refractivity contribution in [2.45, 2.75) is 106 Å². The molecule has 0 amide bonds. The van der Waals surface area contributed by atoms with Gasteiger partial charge in [-0.3, -0.25) is 4.79 Å². The fourth-order valence-corrected chi connectivity index (χ4v) is 6.61. The largest absolute Gasteiger partial charge is 0.871 e. The number of allylic oxidation sites excluding steroid dienone is 8. The second-order valence-corrected chi connectivity index (χ2v) is 15.9. The van der Waals surface area contributed by atoms with Crippen LogP contribution in [0, 0.1) is 11.8 Å². The monoisotopic (exact) mass is 550 g/mol. The van der Waals surface area contributed by atoms with Crippen molar-refractivity contribution in [1.82, 2.24) is 0 Å². The molecule has 2 heterocycles. The number of thioether (sulfide) groups is 1. The molecule has 1 aromatic rings. The van der Waals surface area contributed by atoms with E-state index < -0.39 is 0 Å². The lowest BCUT2D eigenvalue weighted by Gasteiger charge is -2.29. The Bertz CT molecular complexity index is 1160. The molecule has 0 spiro atoms. The molecule has 0 saturated heterocycles. The van der Waals surface area contributed by atoms with Crippen LogP contribution in [-0.4, -0.2) is 5.78 Å². The fourth-order valence-electron chi connectivity index (χ4n) is 4.21. The van der Waals surface area contributed by atoms with E-state index in [-0.39, 0.29) is 22.4 Å². The third-order valence-electron chi connectivity index (χ3n) is 6.75. The van der Waals surface area contributed by atoms with Crippen molar-refractivity contribution in [3.05, 3.63) is 78.0 Å². The summed E-state index contributed by atoms with van der Waals surface area (Å²) in [4.78, 5) is 18.4. The first-order valence-electron chi connectivity index (χ1n) is 14.0. The minimum absolute atomic E-state index is 0.00721. The van der Waals surface area contributed by atoms with E-state index in [1.54, 1.807) is 6.08 Å². The van der Waals surface area contributed by atoms with E-state index in [4.69, 9.17) is 0 Å². The summed E-state index contributed by atoms with van der Waals surface area (Å²) in [6, 6.07) is 4.27. The van der Waals surface area contributed by atoms with Crippen LogP contribution in [-0.2, 0) is 15.6 Å². The number of carbonyl (C=O) groups excluding carboxylic acids is 1. The van der Waals surface area contributed by atoms with Crippen molar-refractivity contribution < 1.29 is 9.90 Å². The van der Waals surface area contributed by atoms with Crippen LogP contribution in [0.5, 0.6) is 0 Å². The van der Waals surface area contributed by atoms with Crippen LogP contribution in [0.2, 0.25) is 0 Å². The van der Waals surface area contributed by atoms with Crippen LogP contribution in [0.25, 0.3) is 6.08 Å². The standard InChI is InChI=1S/C34H46O2S2/c1-21(2)11-13-25-15-23(16-26(37-25)14-12-22(3)4)17-27-31(35)28(32(27)36)18-24-19-29(33(5,6)7)38-30(20-24)34(8,9)10/h15-22H,11-14H2,1-10H3. The van der Waals surface area contributed by atoms with Gasteiger partial charge in [0.2, 0.25) is 21.1 Å². The summed E-state index contributed by atoms with van der Waals surface area (Å²) in [5.41, 5.74) is 2.50. The summed E-state index contributed by atoms with van der Waals surface area (Å²) in [5.74, 6) is 0.999. The van der Waals surface area contributed by atoms with Crippen LogP contribution in [0.3, 0.4) is 0 Å². The van der Waals surface area contributed by atoms with Crippen LogP contribution < -0.4 is 5.11 Å². The minimum atomic E-state index is -0.142. The molecule has 2 aliphatic rings. The van der Waals surface area contributed by atoms with Gasteiger partial charge in [-0.2, -0.15) is 0 Å². The molecule has 1 aromatic heterocycles. The molecule has 0 fully saturated rings. The van der Waals surface area contributed by atoms with Gasteiger partial charge in [0.15, 0.2) is 5.78 Å². The summed E-state index contributed by atoms with van der Waals surface area (Å²) in [5, 5.41) is 13.2. The van der Waals surface area contributed by atoms with Crippen molar-refractivity contribution in [2.75, 3.05) is 0 Å². The molecule has 0 unspecified atom stereocenters. The smallest absolute Gasteiger partial charge is 0.219 e. The molecular weight excluding hydrogens is 505 g/mol. The van der Waals surface area contributed by atoms with Crippen molar-refractivity contribution in [2.24, 2.45) is 11.8 Å². The highest BCUT2D eigenvalue weighted by Crippen LogP contribution is 2.41. The predicted octanol–water partition coefficient (Wildman–Crippen LogP) is 9.52.